The molecule has 0 bridgehead atoms. The molecular weight excluding hydrogens is 108 g/mol. The van der Waals surface area contributed by atoms with Crippen LogP contribution in [-0.2, 0) is 0 Å². The average molecular weight is 124 g/mol. The van der Waals surface area contributed by atoms with E-state index in [9.17, 15) is 0 Å². The minimum absolute atomic E-state index is 0.898. The van der Waals surface area contributed by atoms with Gasteiger partial charge in [0.25, 0.3) is 0 Å². The smallest absolute Gasteiger partial charge is 0.0322 e. The van der Waals surface area contributed by atoms with Crippen LogP contribution in [0.4, 0.5) is 0 Å². The molecule has 2 unspecified atom stereocenters. The largest absolute Gasteiger partial charge is 0.103 e. The summed E-state index contributed by atoms with van der Waals surface area (Å²) in [4.78, 5) is 0. The molecule has 0 nitrogen and oxygen atoms in total. The Hall–Kier alpha value is -0.260. The van der Waals surface area contributed by atoms with Gasteiger partial charge in [0, 0.05) is 0 Å². The second-order valence-corrected chi connectivity index (χ2v) is 3.43. The number of hydrogen-bond acceptors (Lipinski definition) is 0. The number of allylic oxidation sites excluding steroid dienone is 1. The van der Waals surface area contributed by atoms with Crippen LogP contribution in [0.1, 0.15) is 26.7 Å². The van der Waals surface area contributed by atoms with E-state index in [-0.39, 0.29) is 0 Å². The number of rotatable bonds is 3. The zero-order chi connectivity index (χ0) is 6.85. The molecule has 0 N–H and O–H groups in total. The Morgan fingerprint density at radius 3 is 2.67 bits per heavy atom. The first kappa shape index (κ1) is 6.85. The first-order chi connectivity index (χ1) is 4.25. The van der Waals surface area contributed by atoms with Gasteiger partial charge >= 0.3 is 0 Å². The molecule has 0 spiro atoms. The van der Waals surface area contributed by atoms with Crippen LogP contribution in [0.5, 0.6) is 0 Å². The van der Waals surface area contributed by atoms with Crippen molar-refractivity contribution in [2.75, 3.05) is 0 Å². The molecule has 0 radical (unpaired) electrons. The molecule has 0 aromatic rings. The molecule has 52 valence electrons. The maximum atomic E-state index is 3.73. The van der Waals surface area contributed by atoms with Crippen LogP contribution >= 0.6 is 0 Å². The topological polar surface area (TPSA) is 0 Å². The molecular formula is C9H16. The highest BCUT2D eigenvalue weighted by Crippen LogP contribution is 2.46. The number of hydrogen-bond donors (Lipinski definition) is 0. The van der Waals surface area contributed by atoms with E-state index in [1.807, 2.05) is 6.08 Å². The molecule has 1 aliphatic rings. The van der Waals surface area contributed by atoms with Crippen molar-refractivity contribution < 1.29 is 0 Å². The van der Waals surface area contributed by atoms with Crippen LogP contribution in [0.15, 0.2) is 12.7 Å². The Balaban J connectivity index is 2.16. The van der Waals surface area contributed by atoms with Crippen LogP contribution in [0.25, 0.3) is 0 Å². The zero-order valence-corrected chi connectivity index (χ0v) is 6.43. The lowest BCUT2D eigenvalue weighted by Gasteiger charge is -1.99. The van der Waals surface area contributed by atoms with Gasteiger partial charge in [0.15, 0.2) is 0 Å². The van der Waals surface area contributed by atoms with E-state index in [0.717, 1.165) is 17.8 Å². The fourth-order valence-corrected chi connectivity index (χ4v) is 1.57. The summed E-state index contributed by atoms with van der Waals surface area (Å²) >= 11 is 0. The van der Waals surface area contributed by atoms with E-state index in [2.05, 4.69) is 20.4 Å². The van der Waals surface area contributed by atoms with Crippen LogP contribution in [0.3, 0.4) is 0 Å². The molecule has 0 aromatic heterocycles. The molecule has 1 saturated carbocycles. The van der Waals surface area contributed by atoms with Crippen molar-refractivity contribution in [3.63, 3.8) is 0 Å². The summed E-state index contributed by atoms with van der Waals surface area (Å²) in [5, 5.41) is 0. The van der Waals surface area contributed by atoms with E-state index >= 15 is 0 Å². The van der Waals surface area contributed by atoms with E-state index in [1.165, 1.54) is 12.8 Å². The van der Waals surface area contributed by atoms with Gasteiger partial charge in [0.2, 0.25) is 0 Å². The zero-order valence-electron chi connectivity index (χ0n) is 6.43. The SMILES string of the molecule is C=CCC1CC1C(C)C. The molecule has 9 heavy (non-hydrogen) atoms. The summed E-state index contributed by atoms with van der Waals surface area (Å²) in [5.41, 5.74) is 0. The van der Waals surface area contributed by atoms with Gasteiger partial charge in [0.1, 0.15) is 0 Å². The molecule has 0 saturated heterocycles. The van der Waals surface area contributed by atoms with Gasteiger partial charge < -0.3 is 0 Å². The Labute approximate surface area is 58.0 Å². The first-order valence-electron chi connectivity index (χ1n) is 3.86. The lowest BCUT2D eigenvalue weighted by atomic mass is 10.1. The molecule has 1 fully saturated rings. The fourth-order valence-electron chi connectivity index (χ4n) is 1.57. The summed E-state index contributed by atoms with van der Waals surface area (Å²) in [7, 11) is 0. The molecule has 0 heteroatoms. The second kappa shape index (κ2) is 2.55. The summed E-state index contributed by atoms with van der Waals surface area (Å²) < 4.78 is 0. The molecule has 0 amide bonds. The van der Waals surface area contributed by atoms with Crippen molar-refractivity contribution in [3.8, 4) is 0 Å². The van der Waals surface area contributed by atoms with E-state index < -0.39 is 0 Å². The van der Waals surface area contributed by atoms with Gasteiger partial charge in [-0.1, -0.05) is 19.9 Å². The summed E-state index contributed by atoms with van der Waals surface area (Å²) in [6.45, 7) is 8.36. The van der Waals surface area contributed by atoms with Gasteiger partial charge in [-0.3, -0.25) is 0 Å². The van der Waals surface area contributed by atoms with Crippen LogP contribution in [0.2, 0.25) is 0 Å². The van der Waals surface area contributed by atoms with Gasteiger partial charge in [-0.25, -0.2) is 0 Å². The first-order valence-corrected chi connectivity index (χ1v) is 3.86. The monoisotopic (exact) mass is 124 g/mol. The van der Waals surface area contributed by atoms with Crippen molar-refractivity contribution in [3.05, 3.63) is 12.7 Å². The highest BCUT2D eigenvalue weighted by atomic mass is 14.4. The van der Waals surface area contributed by atoms with Crippen molar-refractivity contribution >= 4 is 0 Å². The predicted octanol–water partition coefficient (Wildman–Crippen LogP) is 2.85. The Kier molecular flexibility index (Phi) is 1.94. The lowest BCUT2D eigenvalue weighted by molar-refractivity contribution is 0.519. The predicted molar refractivity (Wildman–Crippen MR) is 41.2 cm³/mol. The van der Waals surface area contributed by atoms with Crippen LogP contribution < -0.4 is 0 Å². The highest BCUT2D eigenvalue weighted by Gasteiger charge is 2.37. The van der Waals surface area contributed by atoms with E-state index in [1.54, 1.807) is 0 Å². The minimum atomic E-state index is 0.898. The lowest BCUT2D eigenvalue weighted by Crippen LogP contribution is -1.91. The fraction of sp³-hybridized carbons (Fsp3) is 0.778. The second-order valence-electron chi connectivity index (χ2n) is 3.43. The van der Waals surface area contributed by atoms with E-state index in [4.69, 9.17) is 0 Å². The van der Waals surface area contributed by atoms with Gasteiger partial charge in [-0.2, -0.15) is 0 Å². The quantitative estimate of drug-likeness (QED) is 0.507. The Morgan fingerprint density at radius 1 is 1.67 bits per heavy atom. The normalized spacial score (nSPS) is 32.8. The molecule has 0 heterocycles. The van der Waals surface area contributed by atoms with Crippen molar-refractivity contribution in [1.29, 1.82) is 0 Å². The van der Waals surface area contributed by atoms with Crippen LogP contribution in [-0.4, -0.2) is 0 Å². The third kappa shape index (κ3) is 1.57. The van der Waals surface area contributed by atoms with E-state index in [0.29, 0.717) is 0 Å². The van der Waals surface area contributed by atoms with Crippen molar-refractivity contribution in [2.45, 2.75) is 26.7 Å². The van der Waals surface area contributed by atoms with Gasteiger partial charge in [-0.05, 0) is 30.6 Å². The summed E-state index contributed by atoms with van der Waals surface area (Å²) in [6.07, 6.45) is 4.74. The Bertz CT molecular complexity index is 103. The highest BCUT2D eigenvalue weighted by molar-refractivity contribution is 4.92. The molecule has 0 aromatic carbocycles. The summed E-state index contributed by atoms with van der Waals surface area (Å²) in [6, 6.07) is 0. The molecule has 2 atom stereocenters. The van der Waals surface area contributed by atoms with Gasteiger partial charge in [0.05, 0.1) is 0 Å². The van der Waals surface area contributed by atoms with Crippen molar-refractivity contribution in [1.82, 2.24) is 0 Å². The minimum Gasteiger partial charge on any atom is -0.103 e. The van der Waals surface area contributed by atoms with Crippen LogP contribution in [0, 0.1) is 17.8 Å². The maximum absolute atomic E-state index is 3.73. The molecule has 0 aliphatic heterocycles. The summed E-state index contributed by atoms with van der Waals surface area (Å²) in [5.74, 6) is 2.90. The Morgan fingerprint density at radius 2 is 2.33 bits per heavy atom. The standard InChI is InChI=1S/C9H16/c1-4-5-8-6-9(8)7(2)3/h4,7-9H,1,5-6H2,2-3H3. The maximum Gasteiger partial charge on any atom is -0.0322 e. The third-order valence-corrected chi connectivity index (χ3v) is 2.30. The molecule has 1 aliphatic carbocycles. The third-order valence-electron chi connectivity index (χ3n) is 2.30. The van der Waals surface area contributed by atoms with Crippen molar-refractivity contribution in [2.24, 2.45) is 17.8 Å². The average Bonchev–Trinajstić information content (AvgIpc) is 2.47. The van der Waals surface area contributed by atoms with Gasteiger partial charge in [-0.15, -0.1) is 6.58 Å². The molecule has 1 rings (SSSR count).